The van der Waals surface area contributed by atoms with E-state index in [0.717, 1.165) is 9.25 Å². The molecule has 1 heterocycles. The molecule has 0 aliphatic rings. The monoisotopic (exact) mass is 244 g/mol. The molecule has 1 aromatic rings. The standard InChI is InChI=1S/C9H16N4O4/c1-12-8(15)7(11-13(2)9(12)16)10-6(4-14)5-17-3/h6,14H,4-5H2,1-3H3,(H,10,11). The fourth-order valence-electron chi connectivity index (χ4n) is 1.32. The molecule has 0 saturated heterocycles. The average Bonchev–Trinajstić information content (AvgIpc) is 2.32. The molecule has 1 aromatic heterocycles. The number of nitrogens with zero attached hydrogens (tertiary/aromatic N) is 3. The Kier molecular flexibility index (Phi) is 4.41. The van der Waals surface area contributed by atoms with Crippen LogP contribution in [0.25, 0.3) is 0 Å². The van der Waals surface area contributed by atoms with Crippen LogP contribution >= 0.6 is 0 Å². The molecule has 96 valence electrons. The zero-order valence-corrected chi connectivity index (χ0v) is 10.0. The van der Waals surface area contributed by atoms with Gasteiger partial charge >= 0.3 is 5.69 Å². The van der Waals surface area contributed by atoms with Crippen molar-refractivity contribution in [1.82, 2.24) is 14.3 Å². The molecule has 2 N–H and O–H groups in total. The summed E-state index contributed by atoms with van der Waals surface area (Å²) in [5.74, 6) is 0.00528. The predicted octanol–water partition coefficient (Wildman–Crippen LogP) is -2.10. The minimum Gasteiger partial charge on any atom is -0.394 e. The van der Waals surface area contributed by atoms with Gasteiger partial charge in [0.2, 0.25) is 5.82 Å². The number of rotatable bonds is 5. The molecule has 0 fully saturated rings. The molecule has 0 aliphatic carbocycles. The Bertz CT molecular complexity index is 493. The van der Waals surface area contributed by atoms with Gasteiger partial charge < -0.3 is 15.2 Å². The van der Waals surface area contributed by atoms with Crippen molar-refractivity contribution < 1.29 is 9.84 Å². The third-order valence-electron chi connectivity index (χ3n) is 2.25. The highest BCUT2D eigenvalue weighted by Crippen LogP contribution is 1.95. The Balaban J connectivity index is 3.07. The van der Waals surface area contributed by atoms with E-state index in [9.17, 15) is 9.59 Å². The number of aliphatic hydroxyl groups excluding tert-OH is 1. The van der Waals surface area contributed by atoms with Crippen LogP contribution in [0.2, 0.25) is 0 Å². The lowest BCUT2D eigenvalue weighted by molar-refractivity contribution is 0.153. The largest absolute Gasteiger partial charge is 0.394 e. The van der Waals surface area contributed by atoms with E-state index in [1.807, 2.05) is 0 Å². The van der Waals surface area contributed by atoms with Crippen LogP contribution in [0.15, 0.2) is 9.59 Å². The number of aliphatic hydroxyl groups is 1. The van der Waals surface area contributed by atoms with E-state index < -0.39 is 17.3 Å². The zero-order valence-electron chi connectivity index (χ0n) is 10.0. The molecule has 17 heavy (non-hydrogen) atoms. The number of ether oxygens (including phenoxy) is 1. The minimum atomic E-state index is -0.539. The second kappa shape index (κ2) is 5.60. The smallest absolute Gasteiger partial charge is 0.346 e. The normalized spacial score (nSPS) is 12.5. The van der Waals surface area contributed by atoms with Crippen LogP contribution < -0.4 is 16.6 Å². The molecule has 1 rings (SSSR count). The van der Waals surface area contributed by atoms with Gasteiger partial charge in [-0.3, -0.25) is 9.36 Å². The van der Waals surface area contributed by atoms with E-state index in [1.165, 1.54) is 21.2 Å². The van der Waals surface area contributed by atoms with Crippen molar-refractivity contribution >= 4 is 5.82 Å². The summed E-state index contributed by atoms with van der Waals surface area (Å²) in [4.78, 5) is 23.1. The summed E-state index contributed by atoms with van der Waals surface area (Å²) in [6.07, 6.45) is 0. The highest BCUT2D eigenvalue weighted by Gasteiger charge is 2.13. The SMILES string of the molecule is COCC(CO)Nc1nn(C)c(=O)n(C)c1=O. The average molecular weight is 244 g/mol. The van der Waals surface area contributed by atoms with Gasteiger partial charge in [0.1, 0.15) is 0 Å². The van der Waals surface area contributed by atoms with Gasteiger partial charge in [0.05, 0.1) is 19.3 Å². The Hall–Kier alpha value is -1.67. The first kappa shape index (κ1) is 13.4. The summed E-state index contributed by atoms with van der Waals surface area (Å²) in [6, 6.07) is -0.447. The summed E-state index contributed by atoms with van der Waals surface area (Å²) in [6.45, 7) is 0.0195. The van der Waals surface area contributed by atoms with Crippen molar-refractivity contribution in [2.75, 3.05) is 25.6 Å². The second-order valence-electron chi connectivity index (χ2n) is 3.60. The van der Waals surface area contributed by atoms with Crippen molar-refractivity contribution in [3.05, 3.63) is 20.8 Å². The van der Waals surface area contributed by atoms with Crippen molar-refractivity contribution in [3.63, 3.8) is 0 Å². The number of nitrogens with one attached hydrogen (secondary N) is 1. The predicted molar refractivity (Wildman–Crippen MR) is 61.1 cm³/mol. The first-order chi connectivity index (χ1) is 8.01. The molecule has 8 heteroatoms. The maximum Gasteiger partial charge on any atom is 0.346 e. The van der Waals surface area contributed by atoms with E-state index in [2.05, 4.69) is 10.4 Å². The van der Waals surface area contributed by atoms with E-state index >= 15 is 0 Å². The van der Waals surface area contributed by atoms with Gasteiger partial charge in [-0.05, 0) is 0 Å². The van der Waals surface area contributed by atoms with Gasteiger partial charge in [0, 0.05) is 21.2 Å². The molecule has 0 aromatic carbocycles. The Morgan fingerprint density at radius 2 is 2.12 bits per heavy atom. The Morgan fingerprint density at radius 1 is 1.47 bits per heavy atom. The van der Waals surface area contributed by atoms with E-state index in [0.29, 0.717) is 0 Å². The maximum absolute atomic E-state index is 11.7. The zero-order chi connectivity index (χ0) is 13.0. The van der Waals surface area contributed by atoms with Gasteiger partial charge in [0.15, 0.2) is 0 Å². The highest BCUT2D eigenvalue weighted by atomic mass is 16.5. The molecule has 0 spiro atoms. The minimum absolute atomic E-state index is 0.00528. The van der Waals surface area contributed by atoms with Crippen LogP contribution in [-0.4, -0.2) is 45.8 Å². The van der Waals surface area contributed by atoms with Crippen molar-refractivity contribution in [2.45, 2.75) is 6.04 Å². The number of hydrogen-bond donors (Lipinski definition) is 2. The van der Waals surface area contributed by atoms with Crippen LogP contribution in [0, 0.1) is 0 Å². The van der Waals surface area contributed by atoms with Gasteiger partial charge in [-0.2, -0.15) is 0 Å². The lowest BCUT2D eigenvalue weighted by atomic mass is 10.3. The quantitative estimate of drug-likeness (QED) is 0.615. The lowest BCUT2D eigenvalue weighted by Crippen LogP contribution is -2.42. The molecule has 0 amide bonds. The number of methoxy groups -OCH3 is 1. The van der Waals surface area contributed by atoms with Crippen LogP contribution in [0.5, 0.6) is 0 Å². The maximum atomic E-state index is 11.7. The summed E-state index contributed by atoms with van der Waals surface area (Å²) in [7, 11) is 4.29. The van der Waals surface area contributed by atoms with E-state index in [-0.39, 0.29) is 19.0 Å². The highest BCUT2D eigenvalue weighted by molar-refractivity contribution is 5.31. The summed E-state index contributed by atoms with van der Waals surface area (Å²) in [5.41, 5.74) is -1.05. The Labute approximate surface area is 97.4 Å². The van der Waals surface area contributed by atoms with Crippen molar-refractivity contribution in [1.29, 1.82) is 0 Å². The van der Waals surface area contributed by atoms with E-state index in [4.69, 9.17) is 9.84 Å². The summed E-state index contributed by atoms with van der Waals surface area (Å²) >= 11 is 0. The molecule has 0 radical (unpaired) electrons. The van der Waals surface area contributed by atoms with Crippen LogP contribution in [0.1, 0.15) is 0 Å². The second-order valence-corrected chi connectivity index (χ2v) is 3.60. The molecular weight excluding hydrogens is 228 g/mol. The molecule has 1 unspecified atom stereocenters. The molecule has 1 atom stereocenters. The Morgan fingerprint density at radius 3 is 2.65 bits per heavy atom. The molecule has 0 saturated carbocycles. The van der Waals surface area contributed by atoms with Crippen molar-refractivity contribution in [2.24, 2.45) is 14.1 Å². The molecular formula is C9H16N4O4. The third-order valence-corrected chi connectivity index (χ3v) is 2.25. The first-order valence-electron chi connectivity index (χ1n) is 5.02. The van der Waals surface area contributed by atoms with Gasteiger partial charge in [-0.1, -0.05) is 0 Å². The van der Waals surface area contributed by atoms with Gasteiger partial charge in [-0.15, -0.1) is 5.10 Å². The third kappa shape index (κ3) is 2.92. The van der Waals surface area contributed by atoms with Crippen LogP contribution in [0.4, 0.5) is 5.82 Å². The first-order valence-corrected chi connectivity index (χ1v) is 5.02. The number of aromatic nitrogens is 3. The number of hydrogen-bond acceptors (Lipinski definition) is 6. The fraction of sp³-hybridized carbons (Fsp3) is 0.667. The lowest BCUT2D eigenvalue weighted by Gasteiger charge is -2.15. The summed E-state index contributed by atoms with van der Waals surface area (Å²) in [5, 5.41) is 15.6. The topological polar surface area (TPSA) is 98.4 Å². The van der Waals surface area contributed by atoms with Gasteiger partial charge in [0.25, 0.3) is 5.56 Å². The van der Waals surface area contributed by atoms with E-state index in [1.54, 1.807) is 0 Å². The molecule has 0 aliphatic heterocycles. The summed E-state index contributed by atoms with van der Waals surface area (Å²) < 4.78 is 6.85. The van der Waals surface area contributed by atoms with Crippen LogP contribution in [-0.2, 0) is 18.8 Å². The van der Waals surface area contributed by atoms with Gasteiger partial charge in [-0.25, -0.2) is 9.48 Å². The number of anilines is 1. The van der Waals surface area contributed by atoms with Crippen LogP contribution in [0.3, 0.4) is 0 Å². The fourth-order valence-corrected chi connectivity index (χ4v) is 1.32. The van der Waals surface area contributed by atoms with Crippen molar-refractivity contribution in [3.8, 4) is 0 Å². The molecule has 8 nitrogen and oxygen atoms in total. The number of aryl methyl sites for hydroxylation is 1. The molecule has 0 bridgehead atoms.